The van der Waals surface area contributed by atoms with Gasteiger partial charge in [-0.1, -0.05) is 0 Å². The van der Waals surface area contributed by atoms with Crippen LogP contribution in [-0.4, -0.2) is 68.6 Å². The number of hydrogen-bond acceptors (Lipinski definition) is 7. The molecule has 2 rings (SSSR count). The van der Waals surface area contributed by atoms with Crippen LogP contribution >= 0.6 is 0 Å². The van der Waals surface area contributed by atoms with Crippen molar-refractivity contribution in [2.24, 2.45) is 5.92 Å². The smallest absolute Gasteiger partial charge is 0.313 e. The van der Waals surface area contributed by atoms with E-state index in [2.05, 4.69) is 0 Å². The van der Waals surface area contributed by atoms with Crippen LogP contribution in [0.15, 0.2) is 0 Å². The Morgan fingerprint density at radius 2 is 2.11 bits per heavy atom. The van der Waals surface area contributed by atoms with Crippen molar-refractivity contribution in [3.8, 4) is 0 Å². The third-order valence-electron chi connectivity index (χ3n) is 3.80. The second kappa shape index (κ2) is 5.10. The summed E-state index contributed by atoms with van der Waals surface area (Å²) in [4.78, 5) is 17.4. The van der Waals surface area contributed by atoms with Crippen LogP contribution in [0.5, 0.6) is 0 Å². The number of nitrogens with zero attached hydrogens (tertiary/aromatic N) is 1. The molecule has 18 heavy (non-hydrogen) atoms. The van der Waals surface area contributed by atoms with Crippen molar-refractivity contribution in [3.05, 3.63) is 0 Å². The van der Waals surface area contributed by atoms with Gasteiger partial charge in [-0.05, 0) is 0 Å². The molecule has 0 aromatic carbocycles. The molecular formula is C11H19NO6. The van der Waals surface area contributed by atoms with Crippen LogP contribution in [0, 0.1) is 5.92 Å². The summed E-state index contributed by atoms with van der Waals surface area (Å²) in [7, 11) is 4.39. The van der Waals surface area contributed by atoms with Gasteiger partial charge in [-0.15, -0.1) is 0 Å². The number of carbonyl (C=O) groups excluding carboxylic acids is 1. The average Bonchev–Trinajstić information content (AvgIpc) is 2.94. The zero-order valence-electron chi connectivity index (χ0n) is 10.8. The summed E-state index contributed by atoms with van der Waals surface area (Å²) in [5, 5.41) is 11.0. The first-order valence-electron chi connectivity index (χ1n) is 5.86. The van der Waals surface area contributed by atoms with E-state index in [1.54, 1.807) is 5.06 Å². The summed E-state index contributed by atoms with van der Waals surface area (Å²) in [5.74, 6) is -1.95. The first kappa shape index (κ1) is 13.7. The summed E-state index contributed by atoms with van der Waals surface area (Å²) in [5.41, 5.74) is 0. The number of methoxy groups -OCH3 is 3. The zero-order valence-corrected chi connectivity index (χ0v) is 10.8. The minimum Gasteiger partial charge on any atom is -0.469 e. The Balaban J connectivity index is 2.31. The van der Waals surface area contributed by atoms with E-state index in [1.165, 1.54) is 21.3 Å². The lowest BCUT2D eigenvalue weighted by Gasteiger charge is -2.33. The summed E-state index contributed by atoms with van der Waals surface area (Å²) in [6.45, 7) is 0.326. The first-order valence-corrected chi connectivity index (χ1v) is 5.86. The fraction of sp³-hybridized carbons (Fsp3) is 0.909. The van der Waals surface area contributed by atoms with E-state index in [0.717, 1.165) is 0 Å². The molecular weight excluding hydrogens is 242 g/mol. The van der Waals surface area contributed by atoms with E-state index in [4.69, 9.17) is 19.0 Å². The molecule has 7 heteroatoms. The molecule has 3 atom stereocenters. The Bertz CT molecular complexity index is 319. The third kappa shape index (κ3) is 1.83. The van der Waals surface area contributed by atoms with E-state index in [1.807, 2.05) is 0 Å². The highest BCUT2D eigenvalue weighted by Crippen LogP contribution is 2.43. The predicted molar refractivity (Wildman–Crippen MR) is 59.3 cm³/mol. The Morgan fingerprint density at radius 3 is 2.61 bits per heavy atom. The molecule has 0 unspecified atom stereocenters. The number of hydroxylamine groups is 2. The molecule has 0 radical (unpaired) electrons. The molecule has 1 N–H and O–H groups in total. The van der Waals surface area contributed by atoms with E-state index >= 15 is 0 Å². The number of ether oxygens (including phenoxy) is 3. The Morgan fingerprint density at radius 1 is 1.44 bits per heavy atom. The molecule has 7 nitrogen and oxygen atoms in total. The second-order valence-electron chi connectivity index (χ2n) is 4.43. The van der Waals surface area contributed by atoms with Crippen LogP contribution in [0.25, 0.3) is 0 Å². The van der Waals surface area contributed by atoms with Crippen molar-refractivity contribution in [2.75, 3.05) is 34.5 Å². The highest BCUT2D eigenvalue weighted by Gasteiger charge is 2.62. The van der Waals surface area contributed by atoms with Crippen LogP contribution in [0.2, 0.25) is 0 Å². The predicted octanol–water partition coefficient (Wildman–Crippen LogP) is -0.855. The van der Waals surface area contributed by atoms with E-state index < -0.39 is 29.8 Å². The largest absolute Gasteiger partial charge is 0.469 e. The highest BCUT2D eigenvalue weighted by molar-refractivity contribution is 5.74. The minimum absolute atomic E-state index is 0.254. The Labute approximate surface area is 106 Å². The van der Waals surface area contributed by atoms with Gasteiger partial charge in [0.25, 0.3) is 0 Å². The Hall–Kier alpha value is -0.730. The molecule has 2 heterocycles. The molecule has 0 aromatic rings. The number of rotatable bonds is 4. The molecule has 0 amide bonds. The molecule has 0 aromatic heterocycles. The topological polar surface area (TPSA) is 77.5 Å². The quantitative estimate of drug-likeness (QED) is 0.521. The van der Waals surface area contributed by atoms with E-state index in [9.17, 15) is 9.90 Å². The number of aliphatic hydroxyl groups excluding tert-OH is 1. The van der Waals surface area contributed by atoms with Gasteiger partial charge in [-0.2, -0.15) is 5.06 Å². The van der Waals surface area contributed by atoms with Crippen LogP contribution in [-0.2, 0) is 23.8 Å². The van der Waals surface area contributed by atoms with Crippen molar-refractivity contribution in [1.29, 1.82) is 0 Å². The lowest BCUT2D eigenvalue weighted by atomic mass is 9.90. The van der Waals surface area contributed by atoms with Gasteiger partial charge >= 0.3 is 5.97 Å². The maximum Gasteiger partial charge on any atom is 0.313 e. The molecule has 2 aliphatic heterocycles. The summed E-state index contributed by atoms with van der Waals surface area (Å²) in [6.07, 6.45) is -0.0246. The van der Waals surface area contributed by atoms with Gasteiger partial charge in [0.15, 0.2) is 5.79 Å². The number of aliphatic hydroxyl groups is 1. The second-order valence-corrected chi connectivity index (χ2v) is 4.43. The number of esters is 1. The number of fused-ring (bicyclic) bond motifs is 1. The Kier molecular flexibility index (Phi) is 3.88. The van der Waals surface area contributed by atoms with Crippen molar-refractivity contribution < 1.29 is 28.9 Å². The molecule has 2 fully saturated rings. The van der Waals surface area contributed by atoms with Crippen LogP contribution in [0.1, 0.15) is 6.42 Å². The average molecular weight is 261 g/mol. The van der Waals surface area contributed by atoms with E-state index in [0.29, 0.717) is 13.0 Å². The minimum atomic E-state index is -0.900. The first-order chi connectivity index (χ1) is 8.63. The maximum absolute atomic E-state index is 11.9. The van der Waals surface area contributed by atoms with Crippen molar-refractivity contribution >= 4 is 5.97 Å². The van der Waals surface area contributed by atoms with Crippen molar-refractivity contribution in [1.82, 2.24) is 5.06 Å². The summed E-state index contributed by atoms with van der Waals surface area (Å²) < 4.78 is 15.7. The van der Waals surface area contributed by atoms with Gasteiger partial charge in [0, 0.05) is 27.2 Å². The standard InChI is InChI=1S/C11H19NO6/c1-15-10(14)8-7(6-13)18-12-5-4-11(16-2,17-3)9(8)12/h7-9,13H,4-6H2,1-3H3/t7-,8+,9+/m1/s1. The lowest BCUT2D eigenvalue weighted by molar-refractivity contribution is -0.238. The van der Waals surface area contributed by atoms with Gasteiger partial charge < -0.3 is 19.3 Å². The molecule has 0 saturated carbocycles. The fourth-order valence-corrected chi connectivity index (χ4v) is 2.88. The molecule has 0 aliphatic carbocycles. The van der Waals surface area contributed by atoms with E-state index in [-0.39, 0.29) is 6.61 Å². The van der Waals surface area contributed by atoms with Crippen LogP contribution in [0.4, 0.5) is 0 Å². The van der Waals surface area contributed by atoms with Gasteiger partial charge in [-0.25, -0.2) is 0 Å². The summed E-state index contributed by atoms with van der Waals surface area (Å²) in [6, 6.07) is -0.405. The highest BCUT2D eigenvalue weighted by atomic mass is 16.7. The zero-order chi connectivity index (χ0) is 13.3. The van der Waals surface area contributed by atoms with Crippen LogP contribution < -0.4 is 0 Å². The summed E-state index contributed by atoms with van der Waals surface area (Å²) >= 11 is 0. The monoisotopic (exact) mass is 261 g/mol. The molecule has 0 bridgehead atoms. The SMILES string of the molecule is COC(=O)[C@@H]1[C@@H]2N(CCC2(OC)OC)O[C@@H]1CO. The third-order valence-corrected chi connectivity index (χ3v) is 3.80. The molecule has 104 valence electrons. The maximum atomic E-state index is 11.9. The number of hydrogen-bond donors (Lipinski definition) is 1. The fourth-order valence-electron chi connectivity index (χ4n) is 2.88. The van der Waals surface area contributed by atoms with Gasteiger partial charge in [0.05, 0.1) is 13.7 Å². The molecule has 2 saturated heterocycles. The molecule has 0 spiro atoms. The van der Waals surface area contributed by atoms with Crippen molar-refractivity contribution in [3.63, 3.8) is 0 Å². The normalized spacial score (nSPS) is 34.6. The lowest BCUT2D eigenvalue weighted by Crippen LogP contribution is -2.51. The van der Waals surface area contributed by atoms with Crippen molar-refractivity contribution in [2.45, 2.75) is 24.4 Å². The van der Waals surface area contributed by atoms with Gasteiger partial charge in [-0.3, -0.25) is 9.63 Å². The van der Waals surface area contributed by atoms with Gasteiger partial charge in [0.1, 0.15) is 18.1 Å². The van der Waals surface area contributed by atoms with Gasteiger partial charge in [0.2, 0.25) is 0 Å². The number of carbonyl (C=O) groups is 1. The van der Waals surface area contributed by atoms with Crippen LogP contribution in [0.3, 0.4) is 0 Å². The molecule has 2 aliphatic rings.